The van der Waals surface area contributed by atoms with E-state index in [4.69, 9.17) is 0 Å². The average molecular weight is 387 g/mol. The van der Waals surface area contributed by atoms with Crippen molar-refractivity contribution in [3.05, 3.63) is 77.1 Å². The zero-order valence-electron chi connectivity index (χ0n) is 14.9. The molecule has 1 amide bonds. The van der Waals surface area contributed by atoms with Crippen LogP contribution in [0.2, 0.25) is 0 Å². The number of nitrogens with one attached hydrogen (secondary N) is 2. The fraction of sp³-hybridized carbons (Fsp3) is 0.200. The van der Waals surface area contributed by atoms with E-state index in [-0.39, 0.29) is 11.6 Å². The van der Waals surface area contributed by atoms with Crippen LogP contribution in [-0.2, 0) is 11.2 Å². The summed E-state index contributed by atoms with van der Waals surface area (Å²) in [5.41, 5.74) is 2.97. The number of aromatic amines is 1. The molecule has 140 valence electrons. The maximum atomic E-state index is 13.7. The summed E-state index contributed by atoms with van der Waals surface area (Å²) in [5.74, 6) is -1.88. The molecule has 0 bridgehead atoms. The van der Waals surface area contributed by atoms with Gasteiger partial charge in [0.25, 0.3) is 0 Å². The molecule has 0 fully saturated rings. The Labute approximate surface area is 160 Å². The van der Waals surface area contributed by atoms with Crippen LogP contribution in [0.1, 0.15) is 23.9 Å². The van der Waals surface area contributed by atoms with Crippen LogP contribution in [0, 0.1) is 18.6 Å². The SMILES string of the molecule is Cc1[nH]c(SC(C)C(=O)Nc2ccc(F)cc2F)nc1Cc1ccccc1. The zero-order valence-corrected chi connectivity index (χ0v) is 15.7. The molecule has 0 saturated carbocycles. The van der Waals surface area contributed by atoms with Crippen LogP contribution >= 0.6 is 11.8 Å². The molecule has 1 heterocycles. The van der Waals surface area contributed by atoms with Crippen molar-refractivity contribution in [1.29, 1.82) is 0 Å². The number of aromatic nitrogens is 2. The van der Waals surface area contributed by atoms with Crippen LogP contribution in [0.15, 0.2) is 53.7 Å². The highest BCUT2D eigenvalue weighted by Gasteiger charge is 2.19. The molecule has 1 atom stereocenters. The van der Waals surface area contributed by atoms with Crippen molar-refractivity contribution >= 4 is 23.4 Å². The van der Waals surface area contributed by atoms with E-state index in [2.05, 4.69) is 15.3 Å². The highest BCUT2D eigenvalue weighted by atomic mass is 32.2. The summed E-state index contributed by atoms with van der Waals surface area (Å²) in [5, 5.41) is 2.59. The Morgan fingerprint density at radius 1 is 1.22 bits per heavy atom. The second-order valence-electron chi connectivity index (χ2n) is 6.15. The molecule has 7 heteroatoms. The molecular formula is C20H19F2N3OS. The van der Waals surface area contributed by atoms with Crippen molar-refractivity contribution in [2.24, 2.45) is 0 Å². The normalized spacial score (nSPS) is 12.0. The number of thioether (sulfide) groups is 1. The standard InChI is InChI=1S/C20H19F2N3OS/c1-12-18(10-14-6-4-3-5-7-14)25-20(23-12)27-13(2)19(26)24-17-9-8-15(21)11-16(17)22/h3-9,11,13H,10H2,1-2H3,(H,23,25)(H,24,26). The van der Waals surface area contributed by atoms with Crippen LogP contribution < -0.4 is 5.32 Å². The number of imidazole rings is 1. The Hall–Kier alpha value is -2.67. The van der Waals surface area contributed by atoms with Gasteiger partial charge in [0.15, 0.2) is 5.16 Å². The smallest absolute Gasteiger partial charge is 0.237 e. The Balaban J connectivity index is 1.64. The lowest BCUT2D eigenvalue weighted by Crippen LogP contribution is -2.23. The van der Waals surface area contributed by atoms with Crippen molar-refractivity contribution in [3.8, 4) is 0 Å². The molecule has 3 rings (SSSR count). The van der Waals surface area contributed by atoms with Gasteiger partial charge in [-0.25, -0.2) is 13.8 Å². The second-order valence-corrected chi connectivity index (χ2v) is 7.48. The van der Waals surface area contributed by atoms with Gasteiger partial charge in [-0.3, -0.25) is 4.79 Å². The van der Waals surface area contributed by atoms with E-state index in [9.17, 15) is 13.6 Å². The summed E-state index contributed by atoms with van der Waals surface area (Å²) < 4.78 is 26.6. The van der Waals surface area contributed by atoms with Crippen molar-refractivity contribution in [2.45, 2.75) is 30.7 Å². The van der Waals surface area contributed by atoms with Gasteiger partial charge < -0.3 is 10.3 Å². The molecular weight excluding hydrogens is 368 g/mol. The number of carbonyl (C=O) groups excluding carboxylic acids is 1. The van der Waals surface area contributed by atoms with Gasteiger partial charge in [0, 0.05) is 18.2 Å². The van der Waals surface area contributed by atoms with Gasteiger partial charge in [-0.05, 0) is 31.5 Å². The maximum Gasteiger partial charge on any atom is 0.237 e. The van der Waals surface area contributed by atoms with Gasteiger partial charge in [-0.2, -0.15) is 0 Å². The number of halogens is 2. The number of benzene rings is 2. The van der Waals surface area contributed by atoms with Gasteiger partial charge >= 0.3 is 0 Å². The Kier molecular flexibility index (Phi) is 5.91. The molecule has 0 aliphatic rings. The Morgan fingerprint density at radius 2 is 1.96 bits per heavy atom. The summed E-state index contributed by atoms with van der Waals surface area (Å²) in [6.07, 6.45) is 0.700. The van der Waals surface area contributed by atoms with Crippen molar-refractivity contribution in [3.63, 3.8) is 0 Å². The van der Waals surface area contributed by atoms with Gasteiger partial charge in [0.1, 0.15) is 11.6 Å². The molecule has 0 saturated heterocycles. The largest absolute Gasteiger partial charge is 0.337 e. The summed E-state index contributed by atoms with van der Waals surface area (Å²) in [4.78, 5) is 20.1. The zero-order chi connectivity index (χ0) is 19.4. The fourth-order valence-electron chi connectivity index (χ4n) is 2.53. The fourth-order valence-corrected chi connectivity index (χ4v) is 3.41. The van der Waals surface area contributed by atoms with Crippen LogP contribution in [0.5, 0.6) is 0 Å². The van der Waals surface area contributed by atoms with E-state index >= 15 is 0 Å². The first kappa shape index (κ1) is 19.1. The van der Waals surface area contributed by atoms with Crippen molar-refractivity contribution in [1.82, 2.24) is 9.97 Å². The lowest BCUT2D eigenvalue weighted by Gasteiger charge is -2.11. The molecule has 27 heavy (non-hydrogen) atoms. The molecule has 3 aromatic rings. The third kappa shape index (κ3) is 4.95. The lowest BCUT2D eigenvalue weighted by molar-refractivity contribution is -0.115. The highest BCUT2D eigenvalue weighted by Crippen LogP contribution is 2.24. The molecule has 2 aromatic carbocycles. The first-order chi connectivity index (χ1) is 12.9. The minimum Gasteiger partial charge on any atom is -0.337 e. The minimum absolute atomic E-state index is 0.0470. The number of nitrogens with zero attached hydrogens (tertiary/aromatic N) is 1. The Morgan fingerprint density at radius 3 is 2.67 bits per heavy atom. The first-order valence-electron chi connectivity index (χ1n) is 8.44. The van der Waals surface area contributed by atoms with E-state index in [0.29, 0.717) is 11.6 Å². The Bertz CT molecular complexity index is 944. The van der Waals surface area contributed by atoms with Gasteiger partial charge in [0.05, 0.1) is 16.6 Å². The van der Waals surface area contributed by atoms with Crippen molar-refractivity contribution in [2.75, 3.05) is 5.32 Å². The topological polar surface area (TPSA) is 57.8 Å². The minimum atomic E-state index is -0.806. The third-order valence-corrected chi connectivity index (χ3v) is 5.01. The maximum absolute atomic E-state index is 13.7. The number of carbonyl (C=O) groups is 1. The number of hydrogen-bond acceptors (Lipinski definition) is 3. The van der Waals surface area contributed by atoms with E-state index < -0.39 is 16.9 Å². The third-order valence-electron chi connectivity index (χ3n) is 4.02. The predicted octanol–water partition coefficient (Wildman–Crippen LogP) is 4.71. The van der Waals surface area contributed by atoms with Crippen LogP contribution in [0.25, 0.3) is 0 Å². The van der Waals surface area contributed by atoms with Crippen LogP contribution in [-0.4, -0.2) is 21.1 Å². The van der Waals surface area contributed by atoms with E-state index in [1.54, 1.807) is 6.92 Å². The van der Waals surface area contributed by atoms with E-state index in [1.165, 1.54) is 17.8 Å². The van der Waals surface area contributed by atoms with Crippen LogP contribution in [0.3, 0.4) is 0 Å². The first-order valence-corrected chi connectivity index (χ1v) is 9.32. The average Bonchev–Trinajstić information content (AvgIpc) is 2.97. The molecule has 0 radical (unpaired) electrons. The molecule has 0 aliphatic carbocycles. The quantitative estimate of drug-likeness (QED) is 0.603. The van der Waals surface area contributed by atoms with Crippen molar-refractivity contribution < 1.29 is 13.6 Å². The number of amides is 1. The van der Waals surface area contributed by atoms with E-state index in [0.717, 1.165) is 29.1 Å². The lowest BCUT2D eigenvalue weighted by atomic mass is 10.1. The van der Waals surface area contributed by atoms with Gasteiger partial charge in [-0.1, -0.05) is 42.1 Å². The molecule has 1 unspecified atom stereocenters. The van der Waals surface area contributed by atoms with Crippen LogP contribution in [0.4, 0.5) is 14.5 Å². The summed E-state index contributed by atoms with van der Waals surface area (Å²) in [6.45, 7) is 3.64. The number of rotatable bonds is 6. The van der Waals surface area contributed by atoms with Gasteiger partial charge in [-0.15, -0.1) is 0 Å². The summed E-state index contributed by atoms with van der Waals surface area (Å²) >= 11 is 1.25. The monoisotopic (exact) mass is 387 g/mol. The summed E-state index contributed by atoms with van der Waals surface area (Å²) in [7, 11) is 0. The number of hydrogen-bond donors (Lipinski definition) is 2. The molecule has 2 N–H and O–H groups in total. The highest BCUT2D eigenvalue weighted by molar-refractivity contribution is 8.00. The van der Waals surface area contributed by atoms with Gasteiger partial charge in [0.2, 0.25) is 5.91 Å². The number of aryl methyl sites for hydroxylation is 1. The van der Waals surface area contributed by atoms with E-state index in [1.807, 2.05) is 37.3 Å². The summed E-state index contributed by atoms with van der Waals surface area (Å²) in [6, 6.07) is 13.0. The number of anilines is 1. The molecule has 1 aromatic heterocycles. The second kappa shape index (κ2) is 8.35. The number of H-pyrrole nitrogens is 1. The molecule has 4 nitrogen and oxygen atoms in total. The molecule has 0 aliphatic heterocycles. The predicted molar refractivity (Wildman–Crippen MR) is 103 cm³/mol. The molecule has 0 spiro atoms.